The summed E-state index contributed by atoms with van der Waals surface area (Å²) in [6, 6.07) is 65.6. The van der Waals surface area contributed by atoms with Crippen LogP contribution in [0.5, 0.6) is 0 Å². The van der Waals surface area contributed by atoms with Crippen LogP contribution < -0.4 is 0 Å². The van der Waals surface area contributed by atoms with Crippen molar-refractivity contribution in [3.63, 3.8) is 0 Å². The summed E-state index contributed by atoms with van der Waals surface area (Å²) < 4.78 is 11.1. The Morgan fingerprint density at radius 2 is 0.860 bits per heavy atom. The Bertz CT molecular complexity index is 3450. The van der Waals surface area contributed by atoms with Crippen molar-refractivity contribution in [2.24, 2.45) is 0 Å². The predicted octanol–water partition coefficient (Wildman–Crippen LogP) is 13.0. The lowest BCUT2D eigenvalue weighted by molar-refractivity contribution is 0.669. The van der Waals surface area contributed by atoms with Crippen LogP contribution in [0.1, 0.15) is 0 Å². The summed E-state index contributed by atoms with van der Waals surface area (Å²) in [5.74, 6) is 1.92. The minimum absolute atomic E-state index is 0.630. The van der Waals surface area contributed by atoms with Gasteiger partial charge < -0.3 is 13.6 Å². The van der Waals surface area contributed by atoms with E-state index in [0.717, 1.165) is 66.6 Å². The lowest BCUT2D eigenvalue weighted by atomic mass is 10.1. The predicted molar refractivity (Wildman–Crippen MR) is 232 cm³/mol. The molecule has 4 heterocycles. The molecule has 0 N–H and O–H groups in total. The lowest BCUT2D eigenvalue weighted by Gasteiger charge is -2.11. The minimum atomic E-state index is 0.630. The zero-order valence-corrected chi connectivity index (χ0v) is 30.5. The second kappa shape index (κ2) is 12.3. The number of benzene rings is 8. The van der Waals surface area contributed by atoms with Crippen molar-refractivity contribution >= 4 is 65.6 Å². The van der Waals surface area contributed by atoms with E-state index in [-0.39, 0.29) is 0 Å². The van der Waals surface area contributed by atoms with Gasteiger partial charge in [-0.05, 0) is 66.7 Å². The summed E-state index contributed by atoms with van der Waals surface area (Å²) in [6.07, 6.45) is 0. The molecule has 57 heavy (non-hydrogen) atoms. The molecule has 0 saturated carbocycles. The van der Waals surface area contributed by atoms with Crippen molar-refractivity contribution in [1.82, 2.24) is 24.1 Å². The fraction of sp³-hybridized carbons (Fsp3) is 0. The Hall–Kier alpha value is -7.83. The van der Waals surface area contributed by atoms with Crippen molar-refractivity contribution in [3.05, 3.63) is 188 Å². The van der Waals surface area contributed by atoms with E-state index in [1.165, 1.54) is 27.1 Å². The molecular weight excluding hydrogens is 699 g/mol. The molecule has 4 aromatic heterocycles. The fourth-order valence-corrected chi connectivity index (χ4v) is 8.61. The van der Waals surface area contributed by atoms with E-state index in [2.05, 4.69) is 124 Å². The van der Waals surface area contributed by atoms with Crippen molar-refractivity contribution < 1.29 is 4.42 Å². The van der Waals surface area contributed by atoms with Crippen LogP contribution in [0.3, 0.4) is 0 Å². The molecule has 6 heteroatoms. The van der Waals surface area contributed by atoms with Gasteiger partial charge in [0.05, 0.1) is 22.1 Å². The quantitative estimate of drug-likeness (QED) is 0.177. The van der Waals surface area contributed by atoms with E-state index >= 15 is 0 Å². The first-order valence-corrected chi connectivity index (χ1v) is 19.1. The normalized spacial score (nSPS) is 11.9. The highest BCUT2D eigenvalue weighted by molar-refractivity contribution is 6.26. The number of aromatic nitrogens is 5. The number of para-hydroxylation sites is 3. The zero-order chi connectivity index (χ0) is 37.5. The lowest BCUT2D eigenvalue weighted by Crippen LogP contribution is -2.00. The van der Waals surface area contributed by atoms with E-state index in [0.29, 0.717) is 17.5 Å². The molecule has 0 amide bonds. The fourth-order valence-electron chi connectivity index (χ4n) is 8.61. The second-order valence-electron chi connectivity index (χ2n) is 14.4. The van der Waals surface area contributed by atoms with E-state index in [9.17, 15) is 0 Å². The van der Waals surface area contributed by atoms with Crippen LogP contribution in [0.2, 0.25) is 0 Å². The van der Waals surface area contributed by atoms with Crippen LogP contribution in [0.4, 0.5) is 0 Å². The maximum absolute atomic E-state index is 6.25. The van der Waals surface area contributed by atoms with Gasteiger partial charge in [-0.1, -0.05) is 121 Å². The van der Waals surface area contributed by atoms with Gasteiger partial charge >= 0.3 is 0 Å². The average molecular weight is 730 g/mol. The standard InChI is InChI=1S/C51H31N5O/c1-3-13-32(14-4-1)49-52-50(33-15-5-2-6-16-33)54-51(53-49)34-23-25-35(26-24-34)55-43-21-11-8-19-40(43)47-44(55)29-28-39-37-17-7-10-20-42(37)56(48(39)47)36-27-30-46-41(31-36)38-18-9-12-22-45(38)57-46/h1-31H. The highest BCUT2D eigenvalue weighted by atomic mass is 16.3. The molecule has 0 aliphatic carbocycles. The minimum Gasteiger partial charge on any atom is -0.456 e. The number of hydrogen-bond donors (Lipinski definition) is 0. The molecule has 8 aromatic carbocycles. The Labute approximate surface area is 326 Å². The van der Waals surface area contributed by atoms with Crippen LogP contribution in [-0.2, 0) is 0 Å². The molecule has 6 nitrogen and oxygen atoms in total. The first kappa shape index (κ1) is 31.5. The number of fused-ring (bicyclic) bond motifs is 10. The Morgan fingerprint density at radius 3 is 1.54 bits per heavy atom. The maximum atomic E-state index is 6.25. The Morgan fingerprint density at radius 1 is 0.333 bits per heavy atom. The maximum Gasteiger partial charge on any atom is 0.164 e. The molecule has 0 unspecified atom stereocenters. The summed E-state index contributed by atoms with van der Waals surface area (Å²) >= 11 is 0. The molecule has 0 aliphatic rings. The van der Waals surface area contributed by atoms with E-state index in [1.807, 2.05) is 72.8 Å². The highest BCUT2D eigenvalue weighted by Gasteiger charge is 2.22. The number of furan rings is 1. The molecule has 0 radical (unpaired) electrons. The molecule has 0 atom stereocenters. The molecule has 12 rings (SSSR count). The molecule has 0 bridgehead atoms. The van der Waals surface area contributed by atoms with Crippen molar-refractivity contribution in [1.29, 1.82) is 0 Å². The molecule has 0 fully saturated rings. The Balaban J connectivity index is 1.06. The summed E-state index contributed by atoms with van der Waals surface area (Å²) in [5.41, 5.74) is 11.4. The topological polar surface area (TPSA) is 61.7 Å². The van der Waals surface area contributed by atoms with Gasteiger partial charge in [-0.2, -0.15) is 0 Å². The van der Waals surface area contributed by atoms with Crippen molar-refractivity contribution in [3.8, 4) is 45.5 Å². The van der Waals surface area contributed by atoms with Crippen molar-refractivity contribution in [2.45, 2.75) is 0 Å². The number of hydrogen-bond acceptors (Lipinski definition) is 4. The average Bonchev–Trinajstić information content (AvgIpc) is 3.94. The largest absolute Gasteiger partial charge is 0.456 e. The first-order valence-electron chi connectivity index (χ1n) is 19.1. The van der Waals surface area contributed by atoms with Crippen LogP contribution in [0.15, 0.2) is 192 Å². The third kappa shape index (κ3) is 4.87. The summed E-state index contributed by atoms with van der Waals surface area (Å²) in [5, 5.41) is 7.05. The molecule has 0 aliphatic heterocycles. The van der Waals surface area contributed by atoms with Crippen LogP contribution in [0, 0.1) is 0 Å². The van der Waals surface area contributed by atoms with E-state index in [1.54, 1.807) is 0 Å². The summed E-state index contributed by atoms with van der Waals surface area (Å²) in [6.45, 7) is 0. The SMILES string of the molecule is c1ccc(-c2nc(-c3ccccc3)nc(-c3ccc(-n4c5ccccc5c5c4ccc4c6ccccc6n(-c6ccc7oc8ccccc8c7c6)c45)cc3)n2)cc1. The van der Waals surface area contributed by atoms with Crippen LogP contribution in [0.25, 0.3) is 111 Å². The molecule has 12 aromatic rings. The second-order valence-corrected chi connectivity index (χ2v) is 14.4. The molecule has 0 saturated heterocycles. The molecular formula is C51H31N5O. The van der Waals surface area contributed by atoms with Gasteiger partial charge in [-0.15, -0.1) is 0 Å². The number of nitrogens with zero attached hydrogens (tertiary/aromatic N) is 5. The summed E-state index contributed by atoms with van der Waals surface area (Å²) in [7, 11) is 0. The van der Waals surface area contributed by atoms with Gasteiger partial charge in [0.15, 0.2) is 17.5 Å². The third-order valence-electron chi connectivity index (χ3n) is 11.2. The summed E-state index contributed by atoms with van der Waals surface area (Å²) in [4.78, 5) is 14.8. The van der Waals surface area contributed by atoms with Gasteiger partial charge in [0.2, 0.25) is 0 Å². The van der Waals surface area contributed by atoms with Gasteiger partial charge in [0.1, 0.15) is 11.2 Å². The van der Waals surface area contributed by atoms with Gasteiger partial charge in [-0.25, -0.2) is 15.0 Å². The van der Waals surface area contributed by atoms with Crippen molar-refractivity contribution in [2.75, 3.05) is 0 Å². The Kier molecular flexibility index (Phi) is 6.83. The molecule has 266 valence electrons. The zero-order valence-electron chi connectivity index (χ0n) is 30.5. The van der Waals surface area contributed by atoms with Crippen LogP contribution >= 0.6 is 0 Å². The molecule has 0 spiro atoms. The first-order chi connectivity index (χ1) is 28.3. The highest BCUT2D eigenvalue weighted by Crippen LogP contribution is 2.43. The van der Waals surface area contributed by atoms with Gasteiger partial charge in [-0.3, -0.25) is 0 Å². The van der Waals surface area contributed by atoms with Gasteiger partial charge in [0.25, 0.3) is 0 Å². The monoisotopic (exact) mass is 729 g/mol. The number of rotatable bonds is 5. The third-order valence-corrected chi connectivity index (χ3v) is 11.2. The van der Waals surface area contributed by atoms with Gasteiger partial charge in [0, 0.05) is 60.4 Å². The van der Waals surface area contributed by atoms with E-state index in [4.69, 9.17) is 19.4 Å². The van der Waals surface area contributed by atoms with Crippen LogP contribution in [-0.4, -0.2) is 24.1 Å². The smallest absolute Gasteiger partial charge is 0.164 e. The van der Waals surface area contributed by atoms with E-state index < -0.39 is 0 Å².